The summed E-state index contributed by atoms with van der Waals surface area (Å²) in [6.07, 6.45) is 0.407. The molecule has 0 spiro atoms. The number of nitrogens with one attached hydrogen (secondary N) is 1. The number of hydrogen-bond donors (Lipinski definition) is 2. The van der Waals surface area contributed by atoms with E-state index in [0.717, 1.165) is 0 Å². The lowest BCUT2D eigenvalue weighted by Crippen LogP contribution is -2.53. The zero-order chi connectivity index (χ0) is 19.8. The number of piperazine rings is 1. The van der Waals surface area contributed by atoms with Gasteiger partial charge in [-0.25, -0.2) is 4.79 Å². The van der Waals surface area contributed by atoms with Crippen LogP contribution in [0.1, 0.15) is 23.2 Å². The Hall–Kier alpha value is -2.97. The van der Waals surface area contributed by atoms with Gasteiger partial charge in [0.15, 0.2) is 0 Å². The summed E-state index contributed by atoms with van der Waals surface area (Å²) in [7, 11) is 3.05. The van der Waals surface area contributed by atoms with E-state index >= 15 is 0 Å². The van der Waals surface area contributed by atoms with Gasteiger partial charge in [0.25, 0.3) is 5.91 Å². The number of benzene rings is 1. The van der Waals surface area contributed by atoms with Crippen LogP contribution in [-0.4, -0.2) is 79.8 Å². The van der Waals surface area contributed by atoms with Crippen molar-refractivity contribution in [1.29, 1.82) is 0 Å². The highest BCUT2D eigenvalue weighted by Gasteiger charge is 2.25. The molecule has 27 heavy (non-hydrogen) atoms. The zero-order valence-electron chi connectivity index (χ0n) is 15.6. The molecule has 0 saturated carbocycles. The molecule has 3 amide bonds. The van der Waals surface area contributed by atoms with E-state index in [-0.39, 0.29) is 18.4 Å². The lowest BCUT2D eigenvalue weighted by molar-refractivity contribution is -0.137. The van der Waals surface area contributed by atoms with E-state index in [0.29, 0.717) is 56.2 Å². The number of hydrogen-bond acceptors (Lipinski definition) is 5. The van der Waals surface area contributed by atoms with Crippen molar-refractivity contribution >= 4 is 17.9 Å². The van der Waals surface area contributed by atoms with E-state index in [2.05, 4.69) is 5.32 Å². The quantitative estimate of drug-likeness (QED) is 0.685. The monoisotopic (exact) mass is 379 g/mol. The molecule has 2 rings (SSSR count). The summed E-state index contributed by atoms with van der Waals surface area (Å²) in [6, 6.07) is 4.78. The van der Waals surface area contributed by atoms with E-state index in [4.69, 9.17) is 14.6 Å². The highest BCUT2D eigenvalue weighted by Crippen LogP contribution is 2.23. The molecule has 1 aliphatic rings. The number of carbonyl (C=O) groups is 3. The smallest absolute Gasteiger partial charge is 0.317 e. The van der Waals surface area contributed by atoms with E-state index in [1.54, 1.807) is 28.0 Å². The summed E-state index contributed by atoms with van der Waals surface area (Å²) in [4.78, 5) is 38.6. The van der Waals surface area contributed by atoms with Crippen molar-refractivity contribution in [2.45, 2.75) is 12.8 Å². The number of ether oxygens (including phenoxy) is 2. The first kappa shape index (κ1) is 20.3. The van der Waals surface area contributed by atoms with Gasteiger partial charge in [0.05, 0.1) is 14.2 Å². The minimum Gasteiger partial charge on any atom is -0.497 e. The Morgan fingerprint density at radius 1 is 1.00 bits per heavy atom. The second kappa shape index (κ2) is 9.65. The van der Waals surface area contributed by atoms with Crippen molar-refractivity contribution in [3.05, 3.63) is 23.8 Å². The van der Waals surface area contributed by atoms with Gasteiger partial charge in [-0.05, 0) is 18.6 Å². The molecule has 0 atom stereocenters. The molecule has 1 aromatic carbocycles. The summed E-state index contributed by atoms with van der Waals surface area (Å²) in [5.74, 6) is 0.0495. The third-order valence-corrected chi connectivity index (χ3v) is 4.30. The van der Waals surface area contributed by atoms with Crippen molar-refractivity contribution in [3.8, 4) is 11.5 Å². The van der Waals surface area contributed by atoms with Crippen molar-refractivity contribution in [2.75, 3.05) is 46.9 Å². The minimum atomic E-state index is -0.884. The SMILES string of the molecule is COc1cc(OC)cc(C(=O)N2CCN(C(=O)NCCCC(=O)O)CC2)c1. The van der Waals surface area contributed by atoms with Crippen LogP contribution >= 0.6 is 0 Å². The van der Waals surface area contributed by atoms with Crippen LogP contribution in [0.25, 0.3) is 0 Å². The van der Waals surface area contributed by atoms with Crippen LogP contribution in [0.3, 0.4) is 0 Å². The van der Waals surface area contributed by atoms with Gasteiger partial charge >= 0.3 is 12.0 Å². The molecule has 0 unspecified atom stereocenters. The van der Waals surface area contributed by atoms with Gasteiger partial charge in [-0.1, -0.05) is 0 Å². The van der Waals surface area contributed by atoms with Crippen LogP contribution < -0.4 is 14.8 Å². The number of methoxy groups -OCH3 is 2. The fraction of sp³-hybridized carbons (Fsp3) is 0.500. The number of nitrogens with zero attached hydrogens (tertiary/aromatic N) is 2. The van der Waals surface area contributed by atoms with Gasteiger partial charge in [-0.2, -0.15) is 0 Å². The molecule has 1 aromatic rings. The fourth-order valence-electron chi connectivity index (χ4n) is 2.77. The number of rotatable bonds is 7. The van der Waals surface area contributed by atoms with Crippen molar-refractivity contribution < 1.29 is 29.0 Å². The first-order valence-corrected chi connectivity index (χ1v) is 8.71. The number of carboxylic acid groups (broad SMARTS) is 1. The van der Waals surface area contributed by atoms with Crippen molar-refractivity contribution in [3.63, 3.8) is 0 Å². The molecule has 0 bridgehead atoms. The Bertz CT molecular complexity index is 663. The maximum atomic E-state index is 12.7. The van der Waals surface area contributed by atoms with Crippen LogP contribution in [0, 0.1) is 0 Å². The third-order valence-electron chi connectivity index (χ3n) is 4.30. The van der Waals surface area contributed by atoms with Gasteiger partial charge in [-0.15, -0.1) is 0 Å². The van der Waals surface area contributed by atoms with Crippen LogP contribution in [0.2, 0.25) is 0 Å². The highest BCUT2D eigenvalue weighted by atomic mass is 16.5. The predicted molar refractivity (Wildman–Crippen MR) is 97.3 cm³/mol. The largest absolute Gasteiger partial charge is 0.497 e. The standard InChI is InChI=1S/C18H25N3O6/c1-26-14-10-13(11-15(12-14)27-2)17(24)20-6-8-21(9-7-20)18(25)19-5-3-4-16(22)23/h10-12H,3-9H2,1-2H3,(H,19,25)(H,22,23). The first-order valence-electron chi connectivity index (χ1n) is 8.71. The summed E-state index contributed by atoms with van der Waals surface area (Å²) < 4.78 is 10.4. The highest BCUT2D eigenvalue weighted by molar-refractivity contribution is 5.95. The van der Waals surface area contributed by atoms with E-state index in [9.17, 15) is 14.4 Å². The van der Waals surface area contributed by atoms with Gasteiger partial charge in [0, 0.05) is 50.8 Å². The fourth-order valence-corrected chi connectivity index (χ4v) is 2.77. The molecule has 1 saturated heterocycles. The van der Waals surface area contributed by atoms with Crippen LogP contribution in [0.15, 0.2) is 18.2 Å². The lowest BCUT2D eigenvalue weighted by atomic mass is 10.1. The Labute approximate surface area is 157 Å². The van der Waals surface area contributed by atoms with Gasteiger partial charge in [0.2, 0.25) is 0 Å². The van der Waals surface area contributed by atoms with Gasteiger partial charge in [0.1, 0.15) is 11.5 Å². The zero-order valence-corrected chi connectivity index (χ0v) is 15.6. The molecule has 1 fully saturated rings. The second-order valence-corrected chi connectivity index (χ2v) is 6.11. The van der Waals surface area contributed by atoms with Gasteiger partial charge < -0.3 is 29.7 Å². The molecular weight excluding hydrogens is 354 g/mol. The van der Waals surface area contributed by atoms with Crippen LogP contribution in [0.5, 0.6) is 11.5 Å². The maximum Gasteiger partial charge on any atom is 0.317 e. The molecule has 1 heterocycles. The number of carbonyl (C=O) groups excluding carboxylic acids is 2. The summed E-state index contributed by atoms with van der Waals surface area (Å²) in [6.45, 7) is 1.98. The van der Waals surface area contributed by atoms with E-state index in [1.807, 2.05) is 0 Å². The normalized spacial score (nSPS) is 13.9. The van der Waals surface area contributed by atoms with Crippen LogP contribution in [-0.2, 0) is 4.79 Å². The third kappa shape index (κ3) is 5.77. The summed E-state index contributed by atoms with van der Waals surface area (Å²) in [5.41, 5.74) is 0.470. The molecule has 148 valence electrons. The minimum absolute atomic E-state index is 0.0204. The number of urea groups is 1. The second-order valence-electron chi connectivity index (χ2n) is 6.11. The topological polar surface area (TPSA) is 108 Å². The van der Waals surface area contributed by atoms with Gasteiger partial charge in [-0.3, -0.25) is 9.59 Å². The maximum absolute atomic E-state index is 12.7. The number of carboxylic acids is 1. The van der Waals surface area contributed by atoms with Crippen LogP contribution in [0.4, 0.5) is 4.79 Å². The Morgan fingerprint density at radius 3 is 2.07 bits per heavy atom. The molecule has 9 nitrogen and oxygen atoms in total. The molecule has 0 radical (unpaired) electrons. The average Bonchev–Trinajstić information content (AvgIpc) is 2.69. The molecular formula is C18H25N3O6. The molecule has 9 heteroatoms. The Kier molecular flexibility index (Phi) is 7.27. The Balaban J connectivity index is 1.87. The summed E-state index contributed by atoms with van der Waals surface area (Å²) in [5, 5.41) is 11.3. The molecule has 0 aliphatic carbocycles. The molecule has 0 aromatic heterocycles. The number of amides is 3. The predicted octanol–water partition coefficient (Wildman–Crippen LogP) is 1.04. The molecule has 2 N–H and O–H groups in total. The number of aliphatic carboxylic acids is 1. The van der Waals surface area contributed by atoms with E-state index in [1.165, 1.54) is 14.2 Å². The van der Waals surface area contributed by atoms with E-state index < -0.39 is 5.97 Å². The lowest BCUT2D eigenvalue weighted by Gasteiger charge is -2.34. The Morgan fingerprint density at radius 2 is 1.56 bits per heavy atom. The first-order chi connectivity index (χ1) is 12.9. The summed E-state index contributed by atoms with van der Waals surface area (Å²) >= 11 is 0. The van der Waals surface area contributed by atoms with Crippen molar-refractivity contribution in [2.24, 2.45) is 0 Å². The van der Waals surface area contributed by atoms with Crippen molar-refractivity contribution in [1.82, 2.24) is 15.1 Å². The molecule has 1 aliphatic heterocycles. The average molecular weight is 379 g/mol.